The lowest BCUT2D eigenvalue weighted by Crippen LogP contribution is -2.50. The number of nitrogens with zero attached hydrogens (tertiary/aromatic N) is 2. The largest absolute Gasteiger partial charge is 0.357 e. The summed E-state index contributed by atoms with van der Waals surface area (Å²) in [5.74, 6) is -1.77. The van der Waals surface area contributed by atoms with Gasteiger partial charge in [-0.15, -0.1) is 0 Å². The van der Waals surface area contributed by atoms with Crippen molar-refractivity contribution in [2.45, 2.75) is 19.5 Å². The number of hydrogen-bond acceptors (Lipinski definition) is 4. The summed E-state index contributed by atoms with van der Waals surface area (Å²) in [7, 11) is -2.48. The van der Waals surface area contributed by atoms with Crippen molar-refractivity contribution in [1.29, 1.82) is 0 Å². The molecule has 11 heteroatoms. The third-order valence-corrected chi connectivity index (χ3v) is 6.23. The van der Waals surface area contributed by atoms with E-state index in [2.05, 4.69) is 5.32 Å². The molecule has 0 aromatic heterocycles. The molecule has 0 aliphatic rings. The van der Waals surface area contributed by atoms with Crippen LogP contribution in [-0.2, 0) is 26.2 Å². The van der Waals surface area contributed by atoms with Crippen molar-refractivity contribution >= 4 is 50.7 Å². The maximum Gasteiger partial charge on any atom is 0.244 e. The van der Waals surface area contributed by atoms with Crippen LogP contribution in [-0.4, -0.2) is 51.0 Å². The highest BCUT2D eigenvalue weighted by molar-refractivity contribution is 7.92. The molecule has 0 saturated heterocycles. The first-order valence-corrected chi connectivity index (χ1v) is 11.7. The lowest BCUT2D eigenvalue weighted by molar-refractivity contribution is -0.139. The Hall–Kier alpha value is -2.36. The van der Waals surface area contributed by atoms with Crippen LogP contribution in [0.4, 0.5) is 10.1 Å². The lowest BCUT2D eigenvalue weighted by atomic mass is 10.1. The minimum Gasteiger partial charge on any atom is -0.357 e. The Bertz CT molecular complexity index is 1060. The van der Waals surface area contributed by atoms with Crippen molar-refractivity contribution in [2.24, 2.45) is 0 Å². The molecule has 0 aliphatic carbocycles. The van der Waals surface area contributed by atoms with E-state index in [0.717, 1.165) is 22.7 Å². The van der Waals surface area contributed by atoms with Crippen molar-refractivity contribution in [3.63, 3.8) is 0 Å². The molecule has 7 nitrogen and oxygen atoms in total. The van der Waals surface area contributed by atoms with Gasteiger partial charge >= 0.3 is 0 Å². The van der Waals surface area contributed by atoms with Crippen LogP contribution in [0, 0.1) is 5.82 Å². The van der Waals surface area contributed by atoms with Crippen molar-refractivity contribution in [2.75, 3.05) is 24.2 Å². The zero-order valence-corrected chi connectivity index (χ0v) is 19.4. The second-order valence-corrected chi connectivity index (χ2v) is 9.56. The quantitative estimate of drug-likeness (QED) is 0.617. The van der Waals surface area contributed by atoms with Gasteiger partial charge in [-0.25, -0.2) is 12.8 Å². The molecule has 31 heavy (non-hydrogen) atoms. The summed E-state index contributed by atoms with van der Waals surface area (Å²) in [6, 6.07) is 9.16. The molecule has 0 aliphatic heterocycles. The summed E-state index contributed by atoms with van der Waals surface area (Å²) in [6.45, 7) is 0.980. The fourth-order valence-corrected chi connectivity index (χ4v) is 3.97. The number of likely N-dealkylation sites (N-methyl/N-ethyl adjacent to an activating group) is 1. The van der Waals surface area contributed by atoms with Gasteiger partial charge in [-0.1, -0.05) is 35.3 Å². The molecule has 0 bridgehead atoms. The molecule has 0 heterocycles. The third kappa shape index (κ3) is 6.56. The number of carbonyl (C=O) groups excluding carboxylic acids is 2. The summed E-state index contributed by atoms with van der Waals surface area (Å²) in [5.41, 5.74) is 0.727. The van der Waals surface area contributed by atoms with E-state index >= 15 is 0 Å². The number of benzene rings is 2. The van der Waals surface area contributed by atoms with E-state index in [1.807, 2.05) is 0 Å². The minimum absolute atomic E-state index is 0.0290. The molecule has 168 valence electrons. The van der Waals surface area contributed by atoms with Crippen LogP contribution in [0.5, 0.6) is 0 Å². The number of nitrogens with one attached hydrogen (secondary N) is 1. The molecule has 1 N–H and O–H groups in total. The number of halogens is 3. The molecule has 1 unspecified atom stereocenters. The maximum absolute atomic E-state index is 13.5. The molecule has 2 rings (SSSR count). The smallest absolute Gasteiger partial charge is 0.244 e. The first kappa shape index (κ1) is 24.9. The molecule has 2 amide bonds. The Morgan fingerprint density at radius 3 is 2.26 bits per heavy atom. The zero-order valence-electron chi connectivity index (χ0n) is 17.1. The normalized spacial score (nSPS) is 12.2. The van der Waals surface area contributed by atoms with Gasteiger partial charge in [0.25, 0.3) is 0 Å². The van der Waals surface area contributed by atoms with E-state index in [1.54, 1.807) is 24.3 Å². The van der Waals surface area contributed by atoms with Crippen molar-refractivity contribution in [3.05, 3.63) is 63.9 Å². The predicted octanol–water partition coefficient (Wildman–Crippen LogP) is 3.06. The molecule has 0 saturated carbocycles. The predicted molar refractivity (Wildman–Crippen MR) is 119 cm³/mol. The first-order chi connectivity index (χ1) is 14.4. The summed E-state index contributed by atoms with van der Waals surface area (Å²) in [4.78, 5) is 26.6. The molecule has 2 aromatic rings. The van der Waals surface area contributed by atoms with Crippen LogP contribution in [0.2, 0.25) is 10.0 Å². The van der Waals surface area contributed by atoms with Crippen LogP contribution in [0.15, 0.2) is 42.5 Å². The van der Waals surface area contributed by atoms with Gasteiger partial charge < -0.3 is 10.2 Å². The molecular weight excluding hydrogens is 468 g/mol. The first-order valence-electron chi connectivity index (χ1n) is 9.12. The Labute approximate surface area is 190 Å². The summed E-state index contributed by atoms with van der Waals surface area (Å²) in [6.07, 6.45) is 0.920. The Morgan fingerprint density at radius 1 is 1.13 bits per heavy atom. The number of sulfonamides is 1. The van der Waals surface area contributed by atoms with Gasteiger partial charge in [0.05, 0.1) is 17.0 Å². The van der Waals surface area contributed by atoms with Crippen molar-refractivity contribution in [3.8, 4) is 0 Å². The fourth-order valence-electron chi connectivity index (χ4n) is 2.83. The molecule has 2 aromatic carbocycles. The highest BCUT2D eigenvalue weighted by atomic mass is 35.5. The number of anilines is 1. The molecule has 0 fully saturated rings. The van der Waals surface area contributed by atoms with E-state index < -0.39 is 40.2 Å². The van der Waals surface area contributed by atoms with Crippen LogP contribution >= 0.6 is 23.2 Å². The summed E-state index contributed by atoms with van der Waals surface area (Å²) < 4.78 is 39.1. The highest BCUT2D eigenvalue weighted by Crippen LogP contribution is 2.25. The van der Waals surface area contributed by atoms with Gasteiger partial charge in [0, 0.05) is 18.6 Å². The van der Waals surface area contributed by atoms with Crippen LogP contribution in [0.1, 0.15) is 12.5 Å². The second kappa shape index (κ2) is 10.3. The molecule has 1 atom stereocenters. The van der Waals surface area contributed by atoms with Gasteiger partial charge in [0.2, 0.25) is 21.8 Å². The van der Waals surface area contributed by atoms with Crippen molar-refractivity contribution in [1.82, 2.24) is 10.2 Å². The monoisotopic (exact) mass is 489 g/mol. The SMILES string of the molecule is CNC(=O)C(C)N(Cc1ccc(Cl)cc1)C(=O)CN(c1ccc(F)c(Cl)c1)S(C)(=O)=O. The van der Waals surface area contributed by atoms with E-state index in [1.165, 1.54) is 24.9 Å². The molecule has 0 spiro atoms. The third-order valence-electron chi connectivity index (χ3n) is 4.55. The zero-order chi connectivity index (χ0) is 23.3. The standard InChI is InChI=1S/C20H22Cl2FN3O4S/c1-13(20(28)24-2)25(11-14-4-6-15(21)7-5-14)19(27)12-26(31(3,29)30)16-8-9-18(23)17(22)10-16/h4-10,13H,11-12H2,1-3H3,(H,24,28). The van der Waals surface area contributed by atoms with E-state index in [-0.39, 0.29) is 17.3 Å². The maximum atomic E-state index is 13.5. The van der Waals surface area contributed by atoms with Gasteiger partial charge in [0.15, 0.2) is 0 Å². The van der Waals surface area contributed by atoms with Crippen LogP contribution in [0.25, 0.3) is 0 Å². The van der Waals surface area contributed by atoms with Crippen LogP contribution < -0.4 is 9.62 Å². The Kier molecular flexibility index (Phi) is 8.27. The average Bonchev–Trinajstić information content (AvgIpc) is 2.71. The minimum atomic E-state index is -3.92. The summed E-state index contributed by atoms with van der Waals surface area (Å²) >= 11 is 11.7. The topological polar surface area (TPSA) is 86.8 Å². The van der Waals surface area contributed by atoms with Gasteiger partial charge in [-0.3, -0.25) is 13.9 Å². The van der Waals surface area contributed by atoms with Crippen LogP contribution in [0.3, 0.4) is 0 Å². The molecular formula is C20H22Cl2FN3O4S. The van der Waals surface area contributed by atoms with E-state index in [0.29, 0.717) is 10.6 Å². The van der Waals surface area contributed by atoms with E-state index in [9.17, 15) is 22.4 Å². The van der Waals surface area contributed by atoms with Crippen molar-refractivity contribution < 1.29 is 22.4 Å². The fraction of sp³-hybridized carbons (Fsp3) is 0.300. The Balaban J connectivity index is 2.39. The van der Waals surface area contributed by atoms with Gasteiger partial charge in [0.1, 0.15) is 18.4 Å². The second-order valence-electron chi connectivity index (χ2n) is 6.81. The number of hydrogen-bond donors (Lipinski definition) is 1. The average molecular weight is 490 g/mol. The van der Waals surface area contributed by atoms with Gasteiger partial charge in [-0.2, -0.15) is 0 Å². The van der Waals surface area contributed by atoms with Gasteiger partial charge in [-0.05, 0) is 42.8 Å². The summed E-state index contributed by atoms with van der Waals surface area (Å²) in [5, 5.41) is 2.71. The Morgan fingerprint density at radius 2 is 1.74 bits per heavy atom. The highest BCUT2D eigenvalue weighted by Gasteiger charge is 2.29. The lowest BCUT2D eigenvalue weighted by Gasteiger charge is -2.31. The number of rotatable bonds is 8. The number of amides is 2. The van der Waals surface area contributed by atoms with E-state index in [4.69, 9.17) is 23.2 Å². The number of carbonyl (C=O) groups is 2. The molecule has 0 radical (unpaired) electrons.